The summed E-state index contributed by atoms with van der Waals surface area (Å²) in [7, 11) is 0. The lowest BCUT2D eigenvalue weighted by Gasteiger charge is -2.13. The zero-order valence-corrected chi connectivity index (χ0v) is 11.1. The number of carbonyl (C=O) groups excluding carboxylic acids is 1. The minimum absolute atomic E-state index is 0.0774. The molecule has 1 aromatic rings. The SMILES string of the molecule is CCCC(CN)C(=O)Nc1ccc(C#N)cc1[N+](=O)[O-]. The second kappa shape index (κ2) is 7.21. The van der Waals surface area contributed by atoms with E-state index in [4.69, 9.17) is 11.0 Å². The van der Waals surface area contributed by atoms with Gasteiger partial charge in [0.25, 0.3) is 5.69 Å². The second-order valence-corrected chi connectivity index (χ2v) is 4.31. The van der Waals surface area contributed by atoms with Gasteiger partial charge in [-0.3, -0.25) is 14.9 Å². The summed E-state index contributed by atoms with van der Waals surface area (Å²) >= 11 is 0. The molecule has 1 rings (SSSR count). The molecule has 20 heavy (non-hydrogen) atoms. The third kappa shape index (κ3) is 3.76. The first-order valence-corrected chi connectivity index (χ1v) is 6.23. The molecule has 0 radical (unpaired) electrons. The van der Waals surface area contributed by atoms with Gasteiger partial charge in [0, 0.05) is 12.6 Å². The maximum absolute atomic E-state index is 12.0. The molecule has 0 bridgehead atoms. The average Bonchev–Trinajstić information content (AvgIpc) is 2.44. The van der Waals surface area contributed by atoms with Gasteiger partial charge in [-0.05, 0) is 18.6 Å². The van der Waals surface area contributed by atoms with Crippen molar-refractivity contribution in [1.29, 1.82) is 5.26 Å². The molecule has 3 N–H and O–H groups in total. The number of nitrogens with one attached hydrogen (secondary N) is 1. The molecule has 0 aliphatic rings. The molecule has 1 aromatic carbocycles. The van der Waals surface area contributed by atoms with Gasteiger partial charge in [0.15, 0.2) is 0 Å². The Balaban J connectivity index is 3.00. The fraction of sp³-hybridized carbons (Fsp3) is 0.385. The molecule has 7 nitrogen and oxygen atoms in total. The van der Waals surface area contributed by atoms with E-state index in [2.05, 4.69) is 5.32 Å². The monoisotopic (exact) mass is 276 g/mol. The van der Waals surface area contributed by atoms with Crippen molar-refractivity contribution in [3.63, 3.8) is 0 Å². The van der Waals surface area contributed by atoms with Gasteiger partial charge in [-0.1, -0.05) is 13.3 Å². The van der Waals surface area contributed by atoms with E-state index < -0.39 is 4.92 Å². The Morgan fingerprint density at radius 1 is 1.60 bits per heavy atom. The van der Waals surface area contributed by atoms with Crippen molar-refractivity contribution in [1.82, 2.24) is 0 Å². The summed E-state index contributed by atoms with van der Waals surface area (Å²) in [4.78, 5) is 22.3. The smallest absolute Gasteiger partial charge is 0.294 e. The van der Waals surface area contributed by atoms with E-state index in [1.54, 1.807) is 0 Å². The molecular weight excluding hydrogens is 260 g/mol. The summed E-state index contributed by atoms with van der Waals surface area (Å²) in [5, 5.41) is 22.2. The fourth-order valence-corrected chi connectivity index (χ4v) is 1.80. The van der Waals surface area contributed by atoms with E-state index in [9.17, 15) is 14.9 Å². The standard InChI is InChI=1S/C13H16N4O3/c1-2-3-10(8-15)13(18)16-11-5-4-9(7-14)6-12(11)17(19)20/h4-6,10H,2-3,8,15H2,1H3,(H,16,18). The van der Waals surface area contributed by atoms with Gasteiger partial charge in [-0.15, -0.1) is 0 Å². The first-order valence-electron chi connectivity index (χ1n) is 6.23. The minimum atomic E-state index is -0.631. The highest BCUT2D eigenvalue weighted by molar-refractivity contribution is 5.94. The second-order valence-electron chi connectivity index (χ2n) is 4.31. The molecule has 0 saturated heterocycles. The van der Waals surface area contributed by atoms with Crippen LogP contribution >= 0.6 is 0 Å². The fourth-order valence-electron chi connectivity index (χ4n) is 1.80. The van der Waals surface area contributed by atoms with Crippen LogP contribution < -0.4 is 11.1 Å². The van der Waals surface area contributed by atoms with E-state index in [-0.39, 0.29) is 35.3 Å². The highest BCUT2D eigenvalue weighted by Crippen LogP contribution is 2.26. The van der Waals surface area contributed by atoms with Crippen LogP contribution in [0.4, 0.5) is 11.4 Å². The largest absolute Gasteiger partial charge is 0.330 e. The van der Waals surface area contributed by atoms with Crippen molar-refractivity contribution >= 4 is 17.3 Å². The topological polar surface area (TPSA) is 122 Å². The normalized spacial score (nSPS) is 11.4. The van der Waals surface area contributed by atoms with Crippen LogP contribution in [-0.2, 0) is 4.79 Å². The lowest BCUT2D eigenvalue weighted by Crippen LogP contribution is -2.29. The summed E-state index contributed by atoms with van der Waals surface area (Å²) < 4.78 is 0. The number of nitro groups is 1. The van der Waals surface area contributed by atoms with Crippen LogP contribution in [0, 0.1) is 27.4 Å². The molecule has 1 atom stereocenters. The zero-order valence-electron chi connectivity index (χ0n) is 11.1. The van der Waals surface area contributed by atoms with Gasteiger partial charge in [-0.2, -0.15) is 5.26 Å². The third-order valence-electron chi connectivity index (χ3n) is 2.87. The highest BCUT2D eigenvalue weighted by Gasteiger charge is 2.21. The van der Waals surface area contributed by atoms with Gasteiger partial charge >= 0.3 is 0 Å². The molecule has 0 aromatic heterocycles. The van der Waals surface area contributed by atoms with E-state index in [1.165, 1.54) is 12.1 Å². The van der Waals surface area contributed by atoms with Crippen LogP contribution in [0.1, 0.15) is 25.3 Å². The molecular formula is C13H16N4O3. The lowest BCUT2D eigenvalue weighted by atomic mass is 10.0. The number of benzene rings is 1. The number of hydrogen-bond donors (Lipinski definition) is 2. The summed E-state index contributed by atoms with van der Waals surface area (Å²) in [6.45, 7) is 2.11. The molecule has 0 fully saturated rings. The van der Waals surface area contributed by atoms with Gasteiger partial charge in [0.2, 0.25) is 5.91 Å². The van der Waals surface area contributed by atoms with Gasteiger partial charge in [-0.25, -0.2) is 0 Å². The first kappa shape index (κ1) is 15.6. The Labute approximate surface area is 116 Å². The van der Waals surface area contributed by atoms with Crippen LogP contribution in [0.5, 0.6) is 0 Å². The number of nitro benzene ring substituents is 1. The lowest BCUT2D eigenvalue weighted by molar-refractivity contribution is -0.384. The van der Waals surface area contributed by atoms with Crippen molar-refractivity contribution < 1.29 is 9.72 Å². The summed E-state index contributed by atoms with van der Waals surface area (Å²) in [6.07, 6.45) is 1.41. The maximum atomic E-state index is 12.0. The Bertz CT molecular complexity index is 551. The quantitative estimate of drug-likeness (QED) is 0.605. The van der Waals surface area contributed by atoms with Crippen LogP contribution in [0.25, 0.3) is 0 Å². The third-order valence-corrected chi connectivity index (χ3v) is 2.87. The van der Waals surface area contributed by atoms with Crippen LogP contribution in [0.2, 0.25) is 0 Å². The van der Waals surface area contributed by atoms with E-state index in [0.717, 1.165) is 12.5 Å². The number of rotatable bonds is 6. The Kier molecular flexibility index (Phi) is 5.62. The molecule has 1 amide bonds. The Morgan fingerprint density at radius 2 is 2.30 bits per heavy atom. The summed E-state index contributed by atoms with van der Waals surface area (Å²) in [5.74, 6) is -0.725. The van der Waals surface area contributed by atoms with Crippen molar-refractivity contribution in [2.75, 3.05) is 11.9 Å². The van der Waals surface area contributed by atoms with Crippen molar-refractivity contribution in [3.05, 3.63) is 33.9 Å². The molecule has 0 saturated carbocycles. The van der Waals surface area contributed by atoms with Crippen LogP contribution in [0.15, 0.2) is 18.2 Å². The molecule has 1 unspecified atom stereocenters. The van der Waals surface area contributed by atoms with E-state index >= 15 is 0 Å². The van der Waals surface area contributed by atoms with Gasteiger partial charge in [0.05, 0.1) is 22.5 Å². The van der Waals surface area contributed by atoms with E-state index in [1.807, 2.05) is 13.0 Å². The Morgan fingerprint density at radius 3 is 2.80 bits per heavy atom. The molecule has 0 spiro atoms. The minimum Gasteiger partial charge on any atom is -0.330 e. The van der Waals surface area contributed by atoms with E-state index in [0.29, 0.717) is 6.42 Å². The number of carbonyl (C=O) groups is 1. The molecule has 7 heteroatoms. The van der Waals surface area contributed by atoms with Gasteiger partial charge in [0.1, 0.15) is 5.69 Å². The summed E-state index contributed by atoms with van der Waals surface area (Å²) in [6, 6.07) is 5.72. The van der Waals surface area contributed by atoms with Crippen molar-refractivity contribution in [2.45, 2.75) is 19.8 Å². The maximum Gasteiger partial charge on any atom is 0.294 e. The zero-order chi connectivity index (χ0) is 15.1. The van der Waals surface area contributed by atoms with Crippen molar-refractivity contribution in [2.24, 2.45) is 11.7 Å². The number of anilines is 1. The summed E-state index contributed by atoms with van der Waals surface area (Å²) in [5.41, 5.74) is 5.46. The predicted molar refractivity (Wildman–Crippen MR) is 73.9 cm³/mol. The molecule has 106 valence electrons. The van der Waals surface area contributed by atoms with Crippen molar-refractivity contribution in [3.8, 4) is 6.07 Å². The Hall–Kier alpha value is -2.46. The number of amides is 1. The number of hydrogen-bond acceptors (Lipinski definition) is 5. The highest BCUT2D eigenvalue weighted by atomic mass is 16.6. The first-order chi connectivity index (χ1) is 9.53. The molecule has 0 aliphatic heterocycles. The van der Waals surface area contributed by atoms with Crippen LogP contribution in [-0.4, -0.2) is 17.4 Å². The number of nitriles is 1. The van der Waals surface area contributed by atoms with Crippen LogP contribution in [0.3, 0.4) is 0 Å². The molecule has 0 aliphatic carbocycles. The predicted octanol–water partition coefficient (Wildman–Crippen LogP) is 1.78. The number of nitrogens with two attached hydrogens (primary N) is 1. The van der Waals surface area contributed by atoms with Gasteiger partial charge < -0.3 is 11.1 Å². The average molecular weight is 276 g/mol. The number of nitrogens with zero attached hydrogens (tertiary/aromatic N) is 2. The molecule has 0 heterocycles.